The van der Waals surface area contributed by atoms with E-state index in [4.69, 9.17) is 4.74 Å². The number of para-hydroxylation sites is 1. The molecule has 2 amide bonds. The van der Waals surface area contributed by atoms with Gasteiger partial charge in [-0.2, -0.15) is 0 Å². The average Bonchev–Trinajstić information content (AvgIpc) is 3.10. The van der Waals surface area contributed by atoms with Crippen LogP contribution in [0.25, 0.3) is 11.1 Å². The Kier molecular flexibility index (Phi) is 12.7. The number of aromatic hydroxyl groups is 1. The van der Waals surface area contributed by atoms with Gasteiger partial charge in [-0.25, -0.2) is 4.79 Å². The molecule has 5 rings (SSSR count). The van der Waals surface area contributed by atoms with E-state index in [0.717, 1.165) is 54.9 Å². The highest BCUT2D eigenvalue weighted by atomic mass is 16.6. The van der Waals surface area contributed by atoms with Crippen molar-refractivity contribution in [1.82, 2.24) is 15.5 Å². The molecule has 0 aliphatic carbocycles. The third-order valence-electron chi connectivity index (χ3n) is 8.21. The summed E-state index contributed by atoms with van der Waals surface area (Å²) in [6.07, 6.45) is 1.20. The Labute approximate surface area is 281 Å². The number of phenolic OH excluding ortho intramolecular Hbond substituents is 1. The van der Waals surface area contributed by atoms with Crippen molar-refractivity contribution >= 4 is 29.2 Å². The molecule has 4 aromatic carbocycles. The van der Waals surface area contributed by atoms with Crippen LogP contribution in [0.15, 0.2) is 103 Å². The standard InChI is InChI=1S/C38H43N5O5/c44-32-15-13-28(14-16-32)26-39-20-17-37(46)41-31-10-6-9-30(25-31)36(45)27-40-21-24-43-22-18-33(19-23-43)48-38(47)42-35-12-5-4-11-34(35)29-7-2-1-3-8-29/h1-16,25,33,39-40,44H,17-24,26-27H2,(H,41,46)(H,42,47). The van der Waals surface area contributed by atoms with E-state index in [0.29, 0.717) is 30.9 Å². The molecule has 1 heterocycles. The summed E-state index contributed by atoms with van der Waals surface area (Å²) in [5.74, 6) is 0.0342. The number of ketones is 1. The SMILES string of the molecule is O=C(CCNCc1ccc(O)cc1)Nc1cccc(C(=O)CNCCN2CCC(OC(=O)Nc3ccccc3-c3ccccc3)CC2)c1. The first-order valence-corrected chi connectivity index (χ1v) is 16.4. The van der Waals surface area contributed by atoms with E-state index < -0.39 is 6.09 Å². The Morgan fingerprint density at radius 2 is 1.54 bits per heavy atom. The van der Waals surface area contributed by atoms with Crippen LogP contribution in [-0.2, 0) is 16.1 Å². The summed E-state index contributed by atoms with van der Waals surface area (Å²) in [7, 11) is 0. The minimum atomic E-state index is -0.445. The lowest BCUT2D eigenvalue weighted by Crippen LogP contribution is -2.42. The van der Waals surface area contributed by atoms with Crippen molar-refractivity contribution in [2.24, 2.45) is 0 Å². The van der Waals surface area contributed by atoms with Crippen LogP contribution in [0.1, 0.15) is 35.2 Å². The van der Waals surface area contributed by atoms with E-state index in [1.807, 2.05) is 66.7 Å². The Morgan fingerprint density at radius 3 is 2.33 bits per heavy atom. The number of anilines is 2. The lowest BCUT2D eigenvalue weighted by molar-refractivity contribution is -0.116. The van der Waals surface area contributed by atoms with Crippen molar-refractivity contribution in [2.75, 3.05) is 49.9 Å². The number of ether oxygens (including phenoxy) is 1. The lowest BCUT2D eigenvalue weighted by Gasteiger charge is -2.31. The molecular weight excluding hydrogens is 606 g/mol. The predicted octanol–water partition coefficient (Wildman–Crippen LogP) is 5.66. The first-order valence-electron chi connectivity index (χ1n) is 16.4. The van der Waals surface area contributed by atoms with Crippen molar-refractivity contribution in [3.63, 3.8) is 0 Å². The second-order valence-electron chi connectivity index (χ2n) is 11.8. The van der Waals surface area contributed by atoms with E-state index >= 15 is 0 Å². The quantitative estimate of drug-likeness (QED) is 0.0824. The van der Waals surface area contributed by atoms with Gasteiger partial charge < -0.3 is 30.7 Å². The largest absolute Gasteiger partial charge is 0.508 e. The van der Waals surface area contributed by atoms with Gasteiger partial charge in [-0.1, -0.05) is 72.8 Å². The van der Waals surface area contributed by atoms with E-state index in [1.54, 1.807) is 36.4 Å². The maximum absolute atomic E-state index is 12.8. The number of likely N-dealkylation sites (tertiary alicyclic amines) is 1. The zero-order valence-corrected chi connectivity index (χ0v) is 27.0. The minimum absolute atomic E-state index is 0.0476. The molecule has 0 spiro atoms. The van der Waals surface area contributed by atoms with Crippen LogP contribution in [0.2, 0.25) is 0 Å². The van der Waals surface area contributed by atoms with Crippen molar-refractivity contribution in [3.8, 4) is 16.9 Å². The van der Waals surface area contributed by atoms with Crippen LogP contribution in [0.3, 0.4) is 0 Å². The van der Waals surface area contributed by atoms with Gasteiger partial charge in [0.25, 0.3) is 0 Å². The molecule has 4 aromatic rings. The molecule has 0 atom stereocenters. The molecule has 1 aliphatic rings. The number of hydrogen-bond acceptors (Lipinski definition) is 8. The van der Waals surface area contributed by atoms with Gasteiger partial charge in [-0.05, 0) is 54.3 Å². The zero-order valence-electron chi connectivity index (χ0n) is 27.0. The van der Waals surface area contributed by atoms with Crippen LogP contribution in [0, 0.1) is 0 Å². The van der Waals surface area contributed by atoms with Gasteiger partial charge in [0.15, 0.2) is 5.78 Å². The average molecular weight is 650 g/mol. The van der Waals surface area contributed by atoms with Crippen LogP contribution in [-0.4, -0.2) is 73.2 Å². The lowest BCUT2D eigenvalue weighted by atomic mass is 10.0. The molecule has 1 aliphatic heterocycles. The summed E-state index contributed by atoms with van der Waals surface area (Å²) in [5, 5.41) is 21.6. The summed E-state index contributed by atoms with van der Waals surface area (Å²) in [5.41, 5.74) is 4.83. The van der Waals surface area contributed by atoms with Crippen molar-refractivity contribution < 1.29 is 24.2 Å². The molecule has 10 heteroatoms. The number of rotatable bonds is 15. The third-order valence-corrected chi connectivity index (χ3v) is 8.21. The number of nitrogens with zero attached hydrogens (tertiary/aromatic N) is 1. The molecule has 250 valence electrons. The molecular formula is C38H43N5O5. The second-order valence-corrected chi connectivity index (χ2v) is 11.8. The molecule has 0 radical (unpaired) electrons. The number of nitrogens with one attached hydrogen (secondary N) is 4. The fourth-order valence-electron chi connectivity index (χ4n) is 5.59. The minimum Gasteiger partial charge on any atom is -0.508 e. The summed E-state index contributed by atoms with van der Waals surface area (Å²) in [4.78, 5) is 40.2. The first-order chi connectivity index (χ1) is 23.4. The summed E-state index contributed by atoms with van der Waals surface area (Å²) in [6.45, 7) is 4.35. The summed E-state index contributed by atoms with van der Waals surface area (Å²) >= 11 is 0. The van der Waals surface area contributed by atoms with Crippen LogP contribution in [0.5, 0.6) is 5.75 Å². The van der Waals surface area contributed by atoms with Crippen LogP contribution < -0.4 is 21.3 Å². The Morgan fingerprint density at radius 1 is 0.792 bits per heavy atom. The molecule has 0 bridgehead atoms. The fraction of sp³-hybridized carbons (Fsp3) is 0.289. The molecule has 1 saturated heterocycles. The molecule has 0 saturated carbocycles. The predicted molar refractivity (Wildman–Crippen MR) is 188 cm³/mol. The molecule has 0 aromatic heterocycles. The van der Waals surface area contributed by atoms with Gasteiger partial charge in [0, 0.05) is 62.5 Å². The van der Waals surface area contributed by atoms with Gasteiger partial charge in [0.1, 0.15) is 11.9 Å². The highest BCUT2D eigenvalue weighted by Gasteiger charge is 2.22. The molecule has 5 N–H and O–H groups in total. The number of benzene rings is 4. The number of piperidine rings is 1. The van der Waals surface area contributed by atoms with Gasteiger partial charge in [-0.3, -0.25) is 14.9 Å². The maximum atomic E-state index is 12.8. The van der Waals surface area contributed by atoms with E-state index in [9.17, 15) is 19.5 Å². The third kappa shape index (κ3) is 10.8. The number of amides is 2. The number of phenols is 1. The van der Waals surface area contributed by atoms with Gasteiger partial charge in [0.05, 0.1) is 12.2 Å². The Balaban J connectivity index is 0.952. The summed E-state index contributed by atoms with van der Waals surface area (Å²) < 4.78 is 5.75. The van der Waals surface area contributed by atoms with Gasteiger partial charge >= 0.3 is 6.09 Å². The highest BCUT2D eigenvalue weighted by Crippen LogP contribution is 2.28. The monoisotopic (exact) mass is 649 g/mol. The maximum Gasteiger partial charge on any atom is 0.411 e. The van der Waals surface area contributed by atoms with Crippen molar-refractivity contribution in [1.29, 1.82) is 0 Å². The van der Waals surface area contributed by atoms with Crippen LogP contribution >= 0.6 is 0 Å². The summed E-state index contributed by atoms with van der Waals surface area (Å²) in [6, 6.07) is 31.5. The van der Waals surface area contributed by atoms with E-state index in [-0.39, 0.29) is 36.5 Å². The zero-order chi connectivity index (χ0) is 33.6. The van der Waals surface area contributed by atoms with Gasteiger partial charge in [0.2, 0.25) is 5.91 Å². The normalized spacial score (nSPS) is 13.5. The Hall–Kier alpha value is -5.03. The Bertz CT molecular complexity index is 1640. The second kappa shape index (κ2) is 17.8. The number of carbonyl (C=O) groups excluding carboxylic acids is 3. The molecule has 48 heavy (non-hydrogen) atoms. The van der Waals surface area contributed by atoms with Crippen molar-refractivity contribution in [3.05, 3.63) is 114 Å². The topological polar surface area (TPSA) is 132 Å². The van der Waals surface area contributed by atoms with Crippen LogP contribution in [0.4, 0.5) is 16.2 Å². The smallest absolute Gasteiger partial charge is 0.411 e. The number of hydrogen-bond donors (Lipinski definition) is 5. The number of Topliss-reactive ketones (excluding diaryl/α,β-unsaturated/α-hetero) is 1. The molecule has 10 nitrogen and oxygen atoms in total. The van der Waals surface area contributed by atoms with Gasteiger partial charge in [-0.15, -0.1) is 0 Å². The van der Waals surface area contributed by atoms with E-state index in [1.165, 1.54) is 0 Å². The molecule has 0 unspecified atom stereocenters. The van der Waals surface area contributed by atoms with Crippen molar-refractivity contribution in [2.45, 2.75) is 31.9 Å². The molecule has 1 fully saturated rings. The highest BCUT2D eigenvalue weighted by molar-refractivity contribution is 5.99. The fourth-order valence-corrected chi connectivity index (χ4v) is 5.59. The van der Waals surface area contributed by atoms with E-state index in [2.05, 4.69) is 26.2 Å². The number of carbonyl (C=O) groups is 3. The first kappa shape index (κ1) is 34.3.